The number of hydrogen-bond acceptors (Lipinski definition) is 27. The summed E-state index contributed by atoms with van der Waals surface area (Å²) in [6.45, 7) is 72.4. The molecule has 0 aliphatic heterocycles. The summed E-state index contributed by atoms with van der Waals surface area (Å²) in [4.78, 5) is 72.6. The molecule has 0 aromatic carbocycles. The van der Waals surface area contributed by atoms with Crippen molar-refractivity contribution in [2.24, 2.45) is 0 Å². The molecule has 0 saturated heterocycles. The molecular weight excluding hydrogens is 1880 g/mol. The molecule has 0 atom stereocenters. The predicted molar refractivity (Wildman–Crippen MR) is 430 cm³/mol. The van der Waals surface area contributed by atoms with Crippen LogP contribution in [0.4, 0.5) is 0 Å². The van der Waals surface area contributed by atoms with Crippen molar-refractivity contribution in [1.82, 2.24) is 0 Å². The Morgan fingerprint density at radius 2 is 0.250 bits per heavy atom. The van der Waals surface area contributed by atoms with Crippen LogP contribution >= 0.6 is 0 Å². The van der Waals surface area contributed by atoms with Gasteiger partial charge in [-0.2, -0.15) is 0 Å². The van der Waals surface area contributed by atoms with Crippen LogP contribution in [-0.4, -0.2) is 327 Å². The van der Waals surface area contributed by atoms with E-state index in [0.717, 1.165) is 13.2 Å². The van der Waals surface area contributed by atoms with Gasteiger partial charge in [-0.3, -0.25) is 0 Å². The maximum Gasteiger partial charge on any atom is 0.497 e. The van der Waals surface area contributed by atoms with E-state index in [0.29, 0.717) is 99.1 Å². The van der Waals surface area contributed by atoms with Gasteiger partial charge in [0.1, 0.15) is 0 Å². The first-order valence-corrected chi connectivity index (χ1v) is 57.3. The van der Waals surface area contributed by atoms with Gasteiger partial charge in [-0.15, -0.1) is 0 Å². The van der Waals surface area contributed by atoms with Crippen LogP contribution in [0.1, 0.15) is 132 Å². The third kappa shape index (κ3) is 252. The molecule has 0 rings (SSSR count). The molecule has 0 heterocycles. The van der Waals surface area contributed by atoms with Gasteiger partial charge in [0.15, 0.2) is 0 Å². The van der Waals surface area contributed by atoms with Crippen molar-refractivity contribution in [2.45, 2.75) is 230 Å². The molecule has 708 valence electrons. The summed E-state index contributed by atoms with van der Waals surface area (Å²) in [6, 6.07) is 0. The fourth-order valence-corrected chi connectivity index (χ4v) is 16.1. The molecule has 34 N–H and O–H groups in total. The van der Waals surface area contributed by atoms with Gasteiger partial charge in [0, 0.05) is 261 Å². The zero-order valence-electron chi connectivity index (χ0n) is 72.0. The molecule has 0 amide bonds. The number of hydrogen-bond donors (Lipinski definition) is 10. The van der Waals surface area contributed by atoms with Gasteiger partial charge in [0.25, 0.3) is 0 Å². The van der Waals surface area contributed by atoms with E-state index in [2.05, 4.69) is 13.1 Å². The van der Waals surface area contributed by atoms with Crippen molar-refractivity contribution in [3.63, 3.8) is 0 Å². The van der Waals surface area contributed by atoms with Crippen molar-refractivity contribution in [3.05, 3.63) is 0 Å². The van der Waals surface area contributed by atoms with Crippen LogP contribution in [-0.2, 0) is 178 Å². The number of aliphatic hydroxyl groups is 2. The molecule has 0 saturated carbocycles. The van der Waals surface area contributed by atoms with Crippen LogP contribution in [0, 0.1) is 0 Å². The summed E-state index contributed by atoms with van der Waals surface area (Å²) in [7, 11) is -23.4. The summed E-state index contributed by atoms with van der Waals surface area (Å²) < 4.78 is 86.2. The fraction of sp³-hybridized carbons (Fsp3) is 1.00. The van der Waals surface area contributed by atoms with Crippen LogP contribution in [0.2, 0.25) is 98.2 Å². The van der Waals surface area contributed by atoms with Crippen molar-refractivity contribution >= 4 is 86.8 Å². The minimum absolute atomic E-state index is 0. The van der Waals surface area contributed by atoms with Gasteiger partial charge in [0.05, 0.1) is 0 Å². The maximum absolute atomic E-state index is 9.21. The molecule has 0 unspecified atom stereocenters. The minimum Gasteiger partial charge on any atom is -0.412 e. The molecule has 0 aliphatic rings. The second-order valence-corrected chi connectivity index (χ2v) is 47.8. The molecule has 39 nitrogen and oxygen atoms in total. The van der Waals surface area contributed by atoms with E-state index in [1.807, 2.05) is 124 Å². The molecular formula is C53H174Fe6O39Si10. The molecule has 0 spiro atoms. The second-order valence-electron chi connectivity index (χ2n) is 19.6. The van der Waals surface area contributed by atoms with E-state index < -0.39 is 86.8 Å². The minimum atomic E-state index is -2.70. The maximum atomic E-state index is 9.21. The Bertz CT molecular complexity index is 1140. The Morgan fingerprint density at radius 3 is 0.306 bits per heavy atom. The summed E-state index contributed by atoms with van der Waals surface area (Å²) in [5.74, 6) is 0. The largest absolute Gasteiger partial charge is 0.497 e. The van der Waals surface area contributed by atoms with Crippen molar-refractivity contribution < 1.29 is 292 Å². The predicted octanol–water partition coefficient (Wildman–Crippen LogP) is -1.14. The van der Waals surface area contributed by atoms with Crippen LogP contribution in [0.25, 0.3) is 0 Å². The topological polar surface area (TPSA) is 737 Å². The quantitative estimate of drug-likeness (QED) is 0.0341. The second kappa shape index (κ2) is 134. The molecule has 0 radical (unpaired) electrons. The van der Waals surface area contributed by atoms with Crippen LogP contribution in [0.5, 0.6) is 0 Å². The van der Waals surface area contributed by atoms with Gasteiger partial charge < -0.3 is 190 Å². The average molecular weight is 2050 g/mol. The van der Waals surface area contributed by atoms with E-state index in [1.54, 1.807) is 92.4 Å². The summed E-state index contributed by atoms with van der Waals surface area (Å²) >= 11 is 0. The van der Waals surface area contributed by atoms with Crippen molar-refractivity contribution in [3.8, 4) is 0 Å². The molecule has 0 aromatic rings. The number of rotatable bonds is 34. The average Bonchev–Trinajstić information content (AvgIpc) is 3.32. The SMILES string of the molecule is CCO.CCO.CCO[Si](C)(C)O.CCO[Si](C)(C)O.CCO[Si](C)(C)O.CCO[Si](C)(C)O.CCO[Si](C)(C)OCC.CCO[Si](C)(O)OCC.CCO[Si](C)(O)OCC.CCO[Si](C)(O)OCC.CCO[Si](C)(O)OCC.CCO[Si](C)(OCC)OCC.O.O.O.O.O.O.O.O.O.O.O.O.[Fe].[Fe].[Fe].[Fe].[Fe].[Fe]. The van der Waals surface area contributed by atoms with Crippen molar-refractivity contribution in [1.29, 1.82) is 0 Å². The third-order valence-corrected chi connectivity index (χ3v) is 22.5. The van der Waals surface area contributed by atoms with Gasteiger partial charge in [-0.05, 0) is 197 Å². The zero-order chi connectivity index (χ0) is 74.5. The van der Waals surface area contributed by atoms with E-state index in [-0.39, 0.29) is 181 Å². The van der Waals surface area contributed by atoms with Gasteiger partial charge in [-0.1, -0.05) is 0 Å². The summed E-state index contributed by atoms with van der Waals surface area (Å²) in [5, 5.41) is 15.1. The molecule has 55 heteroatoms. The van der Waals surface area contributed by atoms with Crippen LogP contribution < -0.4 is 0 Å². The smallest absolute Gasteiger partial charge is 0.412 e. The molecule has 0 aromatic heterocycles. The van der Waals surface area contributed by atoms with E-state index >= 15 is 0 Å². The Morgan fingerprint density at radius 1 is 0.167 bits per heavy atom. The zero-order valence-corrected chi connectivity index (χ0v) is 88.6. The number of aliphatic hydroxyl groups excluding tert-OH is 2. The van der Waals surface area contributed by atoms with Crippen LogP contribution in [0.3, 0.4) is 0 Å². The fourth-order valence-electron chi connectivity index (χ4n) is 5.37. The first-order valence-electron chi connectivity index (χ1n) is 31.7. The van der Waals surface area contributed by atoms with E-state index in [4.69, 9.17) is 105 Å². The first-order chi connectivity index (χ1) is 40.9. The third-order valence-electron chi connectivity index (χ3n) is 7.49. The Balaban J connectivity index is -0.0000000218. The van der Waals surface area contributed by atoms with E-state index in [1.165, 1.54) is 0 Å². The van der Waals surface area contributed by atoms with Crippen molar-refractivity contribution in [2.75, 3.05) is 126 Å². The summed E-state index contributed by atoms with van der Waals surface area (Å²) in [6.07, 6.45) is 0. The molecule has 108 heavy (non-hydrogen) atoms. The molecule has 0 aliphatic carbocycles. The Kier molecular flexibility index (Phi) is 255. The standard InChI is InChI=1S/C7H18O3Si.C6H16O2Si.4C5H14O3Si.4C4H12O2Si.2C2H6O.6Fe.12H2O/c1-5-8-11(4,9-6-2)10-7-3;1-5-7-9(3,4)8-6-2;4*1-4-7-9(3,6)8-5-2;4*1-4-6-7(2,3)5;2*1-2-3;;;;;;;;;;;;;;;;;;/h5-7H2,1-4H3;5-6H2,1-4H3;4*6H,4-5H2,1-3H3;4*5H,4H2,1-3H3;2*3H,2H2,1H3;;;;;;;12*1H2. The molecule has 0 fully saturated rings. The Labute approximate surface area is 728 Å². The first kappa shape index (κ1) is 205. The molecule has 0 bridgehead atoms. The van der Waals surface area contributed by atoms with E-state index in [9.17, 15) is 19.2 Å². The van der Waals surface area contributed by atoms with Crippen LogP contribution in [0.15, 0.2) is 0 Å². The van der Waals surface area contributed by atoms with Gasteiger partial charge in [0.2, 0.25) is 0 Å². The normalized spacial score (nSPS) is 9.67. The van der Waals surface area contributed by atoms with Gasteiger partial charge in [-0.25, -0.2) is 0 Å². The monoisotopic (exact) mass is 2050 g/mol. The Hall–Kier alpha value is 3.73. The van der Waals surface area contributed by atoms with Gasteiger partial charge >= 0.3 is 86.8 Å². The summed E-state index contributed by atoms with van der Waals surface area (Å²) in [5.41, 5.74) is 0.